The Morgan fingerprint density at radius 2 is 2.07 bits per heavy atom. The summed E-state index contributed by atoms with van der Waals surface area (Å²) in [7, 11) is 0. The van der Waals surface area contributed by atoms with Crippen molar-refractivity contribution < 1.29 is 19.2 Å². The third kappa shape index (κ3) is 5.24. The molecule has 8 nitrogen and oxygen atoms in total. The van der Waals surface area contributed by atoms with Gasteiger partial charge in [0.25, 0.3) is 5.69 Å². The van der Waals surface area contributed by atoms with Gasteiger partial charge in [-0.15, -0.1) is 0 Å². The number of carbonyl (C=O) groups excluding carboxylic acids is 2. The van der Waals surface area contributed by atoms with Crippen LogP contribution in [0.4, 0.5) is 5.69 Å². The summed E-state index contributed by atoms with van der Waals surface area (Å²) in [6.45, 7) is 5.55. The first kappa shape index (κ1) is 22.6. The van der Waals surface area contributed by atoms with Crippen molar-refractivity contribution in [3.8, 4) is 0 Å². The van der Waals surface area contributed by atoms with Gasteiger partial charge in [0, 0.05) is 53.1 Å². The highest BCUT2D eigenvalue weighted by molar-refractivity contribution is 7.99. The number of benzene rings is 1. The number of dihydropyridines is 1. The van der Waals surface area contributed by atoms with Gasteiger partial charge < -0.3 is 15.8 Å². The third-order valence-corrected chi connectivity index (χ3v) is 5.46. The summed E-state index contributed by atoms with van der Waals surface area (Å²) in [4.78, 5) is 36.1. The minimum atomic E-state index is -0.749. The zero-order valence-corrected chi connectivity index (χ0v) is 17.5. The summed E-state index contributed by atoms with van der Waals surface area (Å²) in [5.74, 6) is -0.348. The van der Waals surface area contributed by atoms with Crippen LogP contribution in [0, 0.1) is 10.1 Å². The number of nitrogens with two attached hydrogens (primary N) is 1. The number of hydrogen-bond donors (Lipinski definition) is 2. The first-order chi connectivity index (χ1) is 13.8. The van der Waals surface area contributed by atoms with Gasteiger partial charge in [-0.2, -0.15) is 11.8 Å². The highest BCUT2D eigenvalue weighted by atomic mass is 32.2. The second kappa shape index (κ2) is 10.2. The number of nitro benzene ring substituents is 1. The number of Topliss-reactive ketones (excluding diaryl/α,β-unsaturated/α-hetero) is 1. The minimum absolute atomic E-state index is 0.108. The van der Waals surface area contributed by atoms with Gasteiger partial charge >= 0.3 is 5.97 Å². The van der Waals surface area contributed by atoms with Gasteiger partial charge in [0.15, 0.2) is 5.78 Å². The van der Waals surface area contributed by atoms with E-state index in [4.69, 9.17) is 10.5 Å². The second-order valence-corrected chi connectivity index (χ2v) is 7.56. The Balaban J connectivity index is 2.68. The molecule has 1 atom stereocenters. The first-order valence-corrected chi connectivity index (χ1v) is 10.4. The Morgan fingerprint density at radius 1 is 1.34 bits per heavy atom. The monoisotopic (exact) mass is 419 g/mol. The average Bonchev–Trinajstić information content (AvgIpc) is 2.67. The standard InChI is InChI=1S/C20H25N3O5S/c1-4-28-20(25)19-16(11-29-9-8-21)22-12(2)17(13(3)24)18(19)14-6-5-7-15(10-14)23(26)27/h5-7,10,18,22H,4,8-9,11,21H2,1-3H3. The van der Waals surface area contributed by atoms with E-state index in [1.165, 1.54) is 19.1 Å². The van der Waals surface area contributed by atoms with E-state index in [9.17, 15) is 19.7 Å². The number of ketones is 1. The lowest BCUT2D eigenvalue weighted by Crippen LogP contribution is -2.33. The molecule has 2 rings (SSSR count). The molecule has 0 spiro atoms. The number of nitrogens with one attached hydrogen (secondary N) is 1. The van der Waals surface area contributed by atoms with Crippen LogP contribution in [0.3, 0.4) is 0 Å². The Bertz CT molecular complexity index is 879. The molecular weight excluding hydrogens is 394 g/mol. The van der Waals surface area contributed by atoms with Crippen LogP contribution < -0.4 is 11.1 Å². The number of nitro groups is 1. The average molecular weight is 420 g/mol. The number of allylic oxidation sites excluding steroid dienone is 2. The maximum Gasteiger partial charge on any atom is 0.336 e. The van der Waals surface area contributed by atoms with Gasteiger partial charge in [-0.05, 0) is 26.3 Å². The van der Waals surface area contributed by atoms with Crippen LogP contribution in [0.2, 0.25) is 0 Å². The van der Waals surface area contributed by atoms with Gasteiger partial charge in [-0.25, -0.2) is 4.79 Å². The molecule has 29 heavy (non-hydrogen) atoms. The molecule has 9 heteroatoms. The molecule has 1 aliphatic rings. The molecule has 156 valence electrons. The van der Waals surface area contributed by atoms with Gasteiger partial charge in [0.05, 0.1) is 17.1 Å². The van der Waals surface area contributed by atoms with Crippen molar-refractivity contribution >= 4 is 29.2 Å². The lowest BCUT2D eigenvalue weighted by Gasteiger charge is -2.31. The molecule has 1 aromatic carbocycles. The van der Waals surface area contributed by atoms with Gasteiger partial charge in [-0.3, -0.25) is 14.9 Å². The summed E-state index contributed by atoms with van der Waals surface area (Å²) in [6.07, 6.45) is 0. The van der Waals surface area contributed by atoms with E-state index in [-0.39, 0.29) is 18.1 Å². The highest BCUT2D eigenvalue weighted by Gasteiger charge is 2.37. The highest BCUT2D eigenvalue weighted by Crippen LogP contribution is 2.40. The quantitative estimate of drug-likeness (QED) is 0.271. The van der Waals surface area contributed by atoms with E-state index < -0.39 is 16.8 Å². The molecular formula is C20H25N3O5S. The van der Waals surface area contributed by atoms with E-state index in [0.717, 1.165) is 0 Å². The van der Waals surface area contributed by atoms with E-state index in [2.05, 4.69) is 5.32 Å². The summed E-state index contributed by atoms with van der Waals surface area (Å²) >= 11 is 1.55. The third-order valence-electron chi connectivity index (χ3n) is 4.44. The molecule has 0 amide bonds. The van der Waals surface area contributed by atoms with Crippen molar-refractivity contribution in [2.75, 3.05) is 24.7 Å². The molecule has 3 N–H and O–H groups in total. The van der Waals surface area contributed by atoms with Crippen molar-refractivity contribution in [1.82, 2.24) is 5.32 Å². The normalized spacial score (nSPS) is 16.5. The SMILES string of the molecule is CCOC(=O)C1=C(CSCCN)NC(C)=C(C(C)=O)C1c1cccc([N+](=O)[O-])c1. The largest absolute Gasteiger partial charge is 0.463 e. The van der Waals surface area contributed by atoms with Crippen LogP contribution in [0.5, 0.6) is 0 Å². The number of rotatable bonds is 9. The second-order valence-electron chi connectivity index (χ2n) is 6.46. The summed E-state index contributed by atoms with van der Waals surface area (Å²) in [5.41, 5.74) is 7.89. The molecule has 1 aromatic rings. The van der Waals surface area contributed by atoms with Crippen LogP contribution in [0.25, 0.3) is 0 Å². The van der Waals surface area contributed by atoms with Crippen LogP contribution in [0.1, 0.15) is 32.3 Å². The number of hydrogen-bond acceptors (Lipinski definition) is 8. The van der Waals surface area contributed by atoms with Crippen molar-refractivity contribution in [3.05, 3.63) is 62.5 Å². The van der Waals surface area contributed by atoms with Crippen molar-refractivity contribution in [3.63, 3.8) is 0 Å². The zero-order valence-electron chi connectivity index (χ0n) is 16.7. The van der Waals surface area contributed by atoms with E-state index in [0.29, 0.717) is 46.2 Å². The van der Waals surface area contributed by atoms with E-state index >= 15 is 0 Å². The van der Waals surface area contributed by atoms with E-state index in [1.807, 2.05) is 0 Å². The lowest BCUT2D eigenvalue weighted by molar-refractivity contribution is -0.384. The lowest BCUT2D eigenvalue weighted by atomic mass is 9.79. The smallest absolute Gasteiger partial charge is 0.336 e. The van der Waals surface area contributed by atoms with Crippen LogP contribution >= 0.6 is 11.8 Å². The van der Waals surface area contributed by atoms with Crippen molar-refractivity contribution in [2.45, 2.75) is 26.7 Å². The van der Waals surface area contributed by atoms with Gasteiger partial charge in [-0.1, -0.05) is 12.1 Å². The molecule has 0 saturated carbocycles. The maximum atomic E-state index is 12.9. The van der Waals surface area contributed by atoms with Gasteiger partial charge in [0.1, 0.15) is 0 Å². The fourth-order valence-electron chi connectivity index (χ4n) is 3.34. The maximum absolute atomic E-state index is 12.9. The predicted octanol–water partition coefficient (Wildman–Crippen LogP) is 2.65. The Hall–Kier alpha value is -2.65. The number of non-ortho nitro benzene ring substituents is 1. The number of ether oxygens (including phenoxy) is 1. The predicted molar refractivity (Wildman–Crippen MR) is 112 cm³/mol. The van der Waals surface area contributed by atoms with Crippen LogP contribution in [-0.4, -0.2) is 41.3 Å². The van der Waals surface area contributed by atoms with Crippen LogP contribution in [-0.2, 0) is 14.3 Å². The number of nitrogens with zero attached hydrogens (tertiary/aromatic N) is 1. The van der Waals surface area contributed by atoms with Crippen molar-refractivity contribution in [1.29, 1.82) is 0 Å². The number of esters is 1. The molecule has 1 unspecified atom stereocenters. The summed E-state index contributed by atoms with van der Waals surface area (Å²) < 4.78 is 5.27. The molecule has 0 fully saturated rings. The van der Waals surface area contributed by atoms with E-state index in [1.54, 1.807) is 37.7 Å². The first-order valence-electron chi connectivity index (χ1n) is 9.22. The molecule has 0 bridgehead atoms. The molecule has 1 aliphatic heterocycles. The summed E-state index contributed by atoms with van der Waals surface area (Å²) in [6, 6.07) is 6.01. The molecule has 0 radical (unpaired) electrons. The molecule has 0 aliphatic carbocycles. The minimum Gasteiger partial charge on any atom is -0.463 e. The fourth-order valence-corrected chi connectivity index (χ4v) is 4.08. The number of carbonyl (C=O) groups is 2. The topological polar surface area (TPSA) is 125 Å². The van der Waals surface area contributed by atoms with Crippen LogP contribution in [0.15, 0.2) is 46.8 Å². The Kier molecular flexibility index (Phi) is 7.98. The Morgan fingerprint density at radius 3 is 2.66 bits per heavy atom. The Labute approximate surface area is 173 Å². The summed E-state index contributed by atoms with van der Waals surface area (Å²) in [5, 5.41) is 14.4. The zero-order chi connectivity index (χ0) is 21.6. The van der Waals surface area contributed by atoms with Gasteiger partial charge in [0.2, 0.25) is 0 Å². The molecule has 0 saturated heterocycles. The fraction of sp³-hybridized carbons (Fsp3) is 0.400. The number of thioether (sulfide) groups is 1. The molecule has 0 aromatic heterocycles. The molecule has 1 heterocycles. The van der Waals surface area contributed by atoms with Crippen molar-refractivity contribution in [2.24, 2.45) is 5.73 Å².